The second-order valence-electron chi connectivity index (χ2n) is 7.73. The molecule has 0 fully saturated rings. The number of ether oxygens (including phenoxy) is 2. The first kappa shape index (κ1) is 23.7. The van der Waals surface area contributed by atoms with E-state index in [0.29, 0.717) is 18.6 Å². The molecule has 4 nitrogen and oxygen atoms in total. The summed E-state index contributed by atoms with van der Waals surface area (Å²) in [6, 6.07) is 0. The zero-order chi connectivity index (χ0) is 19.9. The van der Waals surface area contributed by atoms with E-state index < -0.39 is 6.10 Å². The molecule has 0 saturated heterocycles. The fraction of sp³-hybridized carbons (Fsp3) is 0.826. The lowest BCUT2D eigenvalue weighted by molar-refractivity contribution is -0.142. The average Bonchev–Trinajstić information content (AvgIpc) is 2.93. The molecule has 1 rings (SSSR count). The minimum Gasteiger partial charge on any atom is -0.483 e. The Balaban J connectivity index is 1.94. The average molecular weight is 381 g/mol. The first-order chi connectivity index (χ1) is 13.1. The lowest BCUT2D eigenvalue weighted by Crippen LogP contribution is -2.19. The van der Waals surface area contributed by atoms with Gasteiger partial charge < -0.3 is 9.47 Å². The third kappa shape index (κ3) is 9.97. The lowest BCUT2D eigenvalue weighted by atomic mass is 10.0. The fourth-order valence-electron chi connectivity index (χ4n) is 3.48. The number of hydrogen-bond donors (Lipinski definition) is 0. The molecule has 0 aromatic heterocycles. The summed E-state index contributed by atoms with van der Waals surface area (Å²) < 4.78 is 10.7. The topological polar surface area (TPSA) is 52.6 Å². The van der Waals surface area contributed by atoms with E-state index in [1.807, 2.05) is 6.92 Å². The van der Waals surface area contributed by atoms with Crippen molar-refractivity contribution in [3.63, 3.8) is 0 Å². The Kier molecular flexibility index (Phi) is 12.9. The van der Waals surface area contributed by atoms with E-state index in [-0.39, 0.29) is 17.5 Å². The molecule has 156 valence electrons. The predicted molar refractivity (Wildman–Crippen MR) is 109 cm³/mol. The molecule has 27 heavy (non-hydrogen) atoms. The molecule has 1 atom stereocenters. The van der Waals surface area contributed by atoms with Crippen molar-refractivity contribution in [2.45, 2.75) is 123 Å². The van der Waals surface area contributed by atoms with Gasteiger partial charge in [0.25, 0.3) is 0 Å². The number of esters is 1. The van der Waals surface area contributed by atoms with Gasteiger partial charge in [-0.2, -0.15) is 0 Å². The van der Waals surface area contributed by atoms with E-state index in [9.17, 15) is 9.59 Å². The van der Waals surface area contributed by atoms with E-state index in [4.69, 9.17) is 9.47 Å². The van der Waals surface area contributed by atoms with Crippen LogP contribution in [-0.4, -0.2) is 17.9 Å². The molecule has 0 spiro atoms. The van der Waals surface area contributed by atoms with Crippen LogP contribution in [0.4, 0.5) is 0 Å². The third-order valence-corrected chi connectivity index (χ3v) is 5.23. The molecular weight excluding hydrogens is 340 g/mol. The molecule has 4 heteroatoms. The largest absolute Gasteiger partial charge is 0.483 e. The van der Waals surface area contributed by atoms with Gasteiger partial charge in [-0.05, 0) is 19.8 Å². The van der Waals surface area contributed by atoms with Crippen molar-refractivity contribution in [3.8, 4) is 0 Å². The number of carbonyl (C=O) groups excluding carboxylic acids is 2. The summed E-state index contributed by atoms with van der Waals surface area (Å²) in [5.74, 6) is 0.0296. The SMILES string of the molecule is CCCCCCCCCCCCCCCC(=O)OC1=C(C)OC(CC)C1=O. The minimum atomic E-state index is -0.482. The summed E-state index contributed by atoms with van der Waals surface area (Å²) in [6.07, 6.45) is 17.1. The summed E-state index contributed by atoms with van der Waals surface area (Å²) in [7, 11) is 0. The van der Waals surface area contributed by atoms with Crippen LogP contribution in [0.15, 0.2) is 11.5 Å². The van der Waals surface area contributed by atoms with Crippen LogP contribution in [0.1, 0.15) is 117 Å². The van der Waals surface area contributed by atoms with E-state index >= 15 is 0 Å². The summed E-state index contributed by atoms with van der Waals surface area (Å²) in [4.78, 5) is 23.9. The molecule has 0 aliphatic carbocycles. The zero-order valence-electron chi connectivity index (χ0n) is 17.8. The van der Waals surface area contributed by atoms with Gasteiger partial charge in [-0.1, -0.05) is 90.9 Å². The van der Waals surface area contributed by atoms with Crippen LogP contribution in [0.25, 0.3) is 0 Å². The fourth-order valence-corrected chi connectivity index (χ4v) is 3.48. The van der Waals surface area contributed by atoms with E-state index in [0.717, 1.165) is 12.8 Å². The van der Waals surface area contributed by atoms with Crippen molar-refractivity contribution in [1.29, 1.82) is 0 Å². The van der Waals surface area contributed by atoms with Gasteiger partial charge in [0.15, 0.2) is 6.10 Å². The molecule has 1 unspecified atom stereocenters. The molecule has 0 amide bonds. The van der Waals surface area contributed by atoms with Gasteiger partial charge in [-0.3, -0.25) is 9.59 Å². The summed E-state index contributed by atoms with van der Waals surface area (Å²) in [6.45, 7) is 5.82. The van der Waals surface area contributed by atoms with Gasteiger partial charge in [0.1, 0.15) is 5.76 Å². The first-order valence-electron chi connectivity index (χ1n) is 11.2. The highest BCUT2D eigenvalue weighted by Crippen LogP contribution is 2.24. The maximum Gasteiger partial charge on any atom is 0.311 e. The molecule has 0 N–H and O–H groups in total. The van der Waals surface area contributed by atoms with Gasteiger partial charge in [0, 0.05) is 6.42 Å². The molecular formula is C23H40O4. The molecule has 0 aromatic rings. The predicted octanol–water partition coefficient (Wildman–Crippen LogP) is 6.62. The number of allylic oxidation sites excluding steroid dienone is 1. The molecule has 0 radical (unpaired) electrons. The second kappa shape index (κ2) is 14.7. The zero-order valence-corrected chi connectivity index (χ0v) is 17.8. The van der Waals surface area contributed by atoms with Crippen molar-refractivity contribution in [1.82, 2.24) is 0 Å². The van der Waals surface area contributed by atoms with Crippen molar-refractivity contribution in [2.24, 2.45) is 0 Å². The lowest BCUT2D eigenvalue weighted by Gasteiger charge is -2.05. The maximum atomic E-state index is 12.0. The van der Waals surface area contributed by atoms with Crippen LogP contribution < -0.4 is 0 Å². The monoisotopic (exact) mass is 380 g/mol. The Labute approximate surface area is 166 Å². The quantitative estimate of drug-likeness (QED) is 0.223. The Hall–Kier alpha value is -1.32. The Bertz CT molecular complexity index is 467. The van der Waals surface area contributed by atoms with Gasteiger partial charge in [0.2, 0.25) is 11.5 Å². The van der Waals surface area contributed by atoms with Crippen LogP contribution in [0.2, 0.25) is 0 Å². The Morgan fingerprint density at radius 1 is 0.852 bits per heavy atom. The van der Waals surface area contributed by atoms with Gasteiger partial charge in [-0.25, -0.2) is 0 Å². The summed E-state index contributed by atoms with van der Waals surface area (Å²) in [5.41, 5.74) is 0. The second-order valence-corrected chi connectivity index (χ2v) is 7.73. The highest BCUT2D eigenvalue weighted by atomic mass is 16.6. The van der Waals surface area contributed by atoms with Crippen LogP contribution >= 0.6 is 0 Å². The minimum absolute atomic E-state index is 0.113. The van der Waals surface area contributed by atoms with E-state index in [1.165, 1.54) is 70.6 Å². The van der Waals surface area contributed by atoms with Crippen LogP contribution in [0.5, 0.6) is 0 Å². The molecule has 1 aliphatic rings. The van der Waals surface area contributed by atoms with Gasteiger partial charge >= 0.3 is 5.97 Å². The van der Waals surface area contributed by atoms with Gasteiger partial charge in [0.05, 0.1) is 0 Å². The Morgan fingerprint density at radius 3 is 1.78 bits per heavy atom. The number of unbranched alkanes of at least 4 members (excludes halogenated alkanes) is 12. The van der Waals surface area contributed by atoms with Gasteiger partial charge in [-0.15, -0.1) is 0 Å². The molecule has 0 bridgehead atoms. The van der Waals surface area contributed by atoms with E-state index in [1.54, 1.807) is 6.92 Å². The van der Waals surface area contributed by atoms with Crippen LogP contribution in [0.3, 0.4) is 0 Å². The molecule has 0 aromatic carbocycles. The van der Waals surface area contributed by atoms with Crippen LogP contribution in [0, 0.1) is 0 Å². The first-order valence-corrected chi connectivity index (χ1v) is 11.2. The molecule has 1 heterocycles. The summed E-state index contributed by atoms with van der Waals surface area (Å²) in [5, 5.41) is 0. The molecule has 1 aliphatic heterocycles. The smallest absolute Gasteiger partial charge is 0.311 e. The highest BCUT2D eigenvalue weighted by molar-refractivity contribution is 6.01. The number of hydrogen-bond acceptors (Lipinski definition) is 4. The number of carbonyl (C=O) groups is 2. The normalized spacial score (nSPS) is 16.7. The highest BCUT2D eigenvalue weighted by Gasteiger charge is 2.34. The summed E-state index contributed by atoms with van der Waals surface area (Å²) >= 11 is 0. The van der Waals surface area contributed by atoms with Crippen LogP contribution in [-0.2, 0) is 19.1 Å². The van der Waals surface area contributed by atoms with Crippen molar-refractivity contribution < 1.29 is 19.1 Å². The number of rotatable bonds is 16. The van der Waals surface area contributed by atoms with Crippen molar-refractivity contribution in [3.05, 3.63) is 11.5 Å². The van der Waals surface area contributed by atoms with E-state index in [2.05, 4.69) is 6.92 Å². The maximum absolute atomic E-state index is 12.0. The standard InChI is InChI=1S/C23H40O4/c1-4-6-7-8-9-10-11-12-13-14-15-16-17-18-21(24)27-23-19(3)26-20(5-2)22(23)25/h20H,4-18H2,1-3H3. The van der Waals surface area contributed by atoms with Crippen molar-refractivity contribution >= 4 is 11.8 Å². The Morgan fingerprint density at radius 2 is 1.33 bits per heavy atom. The number of Topliss-reactive ketones (excluding diaryl/α,β-unsaturated/α-hetero) is 1. The number of ketones is 1. The molecule has 0 saturated carbocycles. The third-order valence-electron chi connectivity index (χ3n) is 5.23. The van der Waals surface area contributed by atoms with Crippen molar-refractivity contribution in [2.75, 3.05) is 0 Å².